The molecule has 0 aliphatic carbocycles. The van der Waals surface area contributed by atoms with Crippen LogP contribution in [0.5, 0.6) is 0 Å². The number of nitrogens with zero attached hydrogens (tertiary/aromatic N) is 4. The molecule has 7 heteroatoms. The molecule has 3 aromatic rings. The largest absolute Gasteiger partial charge is 0.465 e. The lowest BCUT2D eigenvalue weighted by Gasteiger charge is -2.55. The number of imidazole rings is 1. The molecule has 3 aliphatic heterocycles. The summed E-state index contributed by atoms with van der Waals surface area (Å²) in [6.45, 7) is 6.76. The van der Waals surface area contributed by atoms with Gasteiger partial charge < -0.3 is 14.4 Å². The van der Waals surface area contributed by atoms with Crippen LogP contribution in [0.3, 0.4) is 0 Å². The van der Waals surface area contributed by atoms with Crippen molar-refractivity contribution in [3.63, 3.8) is 0 Å². The number of fused-ring (bicyclic) bond motifs is 3. The Labute approximate surface area is 193 Å². The Morgan fingerprint density at radius 1 is 1.18 bits per heavy atom. The minimum absolute atomic E-state index is 0.0224. The van der Waals surface area contributed by atoms with Crippen LogP contribution in [0.15, 0.2) is 42.5 Å². The van der Waals surface area contributed by atoms with Gasteiger partial charge in [-0.2, -0.15) is 0 Å². The molecule has 33 heavy (non-hydrogen) atoms. The Bertz CT molecular complexity index is 1190. The van der Waals surface area contributed by atoms with E-state index in [1.165, 1.54) is 16.9 Å². The van der Waals surface area contributed by atoms with E-state index in [0.29, 0.717) is 0 Å². The smallest absolute Gasteiger partial charge is 0.412 e. The Balaban J connectivity index is 1.36. The van der Waals surface area contributed by atoms with E-state index in [9.17, 15) is 9.90 Å². The highest BCUT2D eigenvalue weighted by molar-refractivity contribution is 5.94. The van der Waals surface area contributed by atoms with E-state index in [1.807, 2.05) is 19.1 Å². The summed E-state index contributed by atoms with van der Waals surface area (Å²) in [6, 6.07) is 14.5. The topological polar surface area (TPSA) is 70.8 Å². The number of hydrogen-bond acceptors (Lipinski definition) is 4. The van der Waals surface area contributed by atoms with Gasteiger partial charge in [0, 0.05) is 50.6 Å². The zero-order valence-corrected chi connectivity index (χ0v) is 19.0. The number of benzene rings is 2. The third-order valence-electron chi connectivity index (χ3n) is 7.63. The summed E-state index contributed by atoms with van der Waals surface area (Å²) in [7, 11) is 0. The lowest BCUT2D eigenvalue weighted by molar-refractivity contribution is -0.221. The maximum Gasteiger partial charge on any atom is 0.412 e. The van der Waals surface area contributed by atoms with Crippen molar-refractivity contribution < 1.29 is 14.6 Å². The van der Waals surface area contributed by atoms with E-state index in [0.717, 1.165) is 80.2 Å². The molecule has 4 heterocycles. The van der Waals surface area contributed by atoms with E-state index in [-0.39, 0.29) is 11.6 Å². The SMILES string of the molecule is CC1CCc2c(ccc3c2nc(Cc2ccccc2)n3CCN2CC3(CCO3)C2)N1C(=O)O. The fraction of sp³-hybridized carbons (Fsp3) is 0.462. The monoisotopic (exact) mass is 446 g/mol. The molecule has 6 rings (SSSR count). The molecule has 1 aromatic heterocycles. The fourth-order valence-corrected chi connectivity index (χ4v) is 5.74. The molecule has 2 saturated heterocycles. The van der Waals surface area contributed by atoms with Crippen LogP contribution in [0.1, 0.15) is 36.7 Å². The molecule has 1 spiro atoms. The second kappa shape index (κ2) is 7.85. The first-order valence-electron chi connectivity index (χ1n) is 12.0. The number of anilines is 1. The Hall–Kier alpha value is -2.90. The second-order valence-electron chi connectivity index (χ2n) is 9.81. The second-order valence-corrected chi connectivity index (χ2v) is 9.81. The van der Waals surface area contributed by atoms with Crippen LogP contribution in [0.25, 0.3) is 11.0 Å². The minimum Gasteiger partial charge on any atom is -0.465 e. The fourth-order valence-electron chi connectivity index (χ4n) is 5.74. The molecule has 0 bridgehead atoms. The Morgan fingerprint density at radius 3 is 2.67 bits per heavy atom. The highest BCUT2D eigenvalue weighted by Crippen LogP contribution is 2.38. The number of likely N-dealkylation sites (tertiary alicyclic amines) is 1. The molecule has 1 unspecified atom stereocenters. The van der Waals surface area contributed by atoms with E-state index in [1.54, 1.807) is 0 Å². The van der Waals surface area contributed by atoms with E-state index in [2.05, 4.69) is 39.8 Å². The molecule has 7 nitrogen and oxygen atoms in total. The first-order valence-corrected chi connectivity index (χ1v) is 12.0. The number of hydrogen-bond donors (Lipinski definition) is 1. The van der Waals surface area contributed by atoms with Crippen LogP contribution in [-0.2, 0) is 24.1 Å². The Kier molecular flexibility index (Phi) is 4.92. The molecule has 3 aliphatic rings. The molecule has 1 atom stereocenters. The van der Waals surface area contributed by atoms with Gasteiger partial charge in [0.1, 0.15) is 5.82 Å². The molecule has 0 saturated carbocycles. The minimum atomic E-state index is -0.892. The zero-order chi connectivity index (χ0) is 22.6. The van der Waals surface area contributed by atoms with E-state index < -0.39 is 6.09 Å². The molecule has 172 valence electrons. The van der Waals surface area contributed by atoms with E-state index in [4.69, 9.17) is 9.72 Å². The van der Waals surface area contributed by atoms with Gasteiger partial charge in [-0.3, -0.25) is 9.80 Å². The number of carboxylic acid groups (broad SMARTS) is 1. The molecule has 1 N–H and O–H groups in total. The van der Waals surface area contributed by atoms with Crippen LogP contribution in [0.2, 0.25) is 0 Å². The van der Waals surface area contributed by atoms with Crippen molar-refractivity contribution in [1.82, 2.24) is 14.5 Å². The first-order chi connectivity index (χ1) is 16.0. The van der Waals surface area contributed by atoms with Crippen molar-refractivity contribution in [3.8, 4) is 0 Å². The predicted molar refractivity (Wildman–Crippen MR) is 127 cm³/mol. The quantitative estimate of drug-likeness (QED) is 0.643. The van der Waals surface area contributed by atoms with Crippen molar-refractivity contribution in [2.24, 2.45) is 0 Å². The lowest BCUT2D eigenvalue weighted by Crippen LogP contribution is -2.68. The van der Waals surface area contributed by atoms with Gasteiger partial charge in [0.05, 0.1) is 28.9 Å². The third-order valence-corrected chi connectivity index (χ3v) is 7.63. The number of ether oxygens (including phenoxy) is 1. The average molecular weight is 447 g/mol. The summed E-state index contributed by atoms with van der Waals surface area (Å²) in [6.07, 6.45) is 2.72. The predicted octanol–water partition coefficient (Wildman–Crippen LogP) is 3.92. The van der Waals surface area contributed by atoms with Crippen molar-refractivity contribution >= 4 is 22.8 Å². The summed E-state index contributed by atoms with van der Waals surface area (Å²) in [5.41, 5.74) is 5.28. The van der Waals surface area contributed by atoms with E-state index >= 15 is 0 Å². The van der Waals surface area contributed by atoms with Crippen molar-refractivity contribution in [1.29, 1.82) is 0 Å². The first kappa shape index (κ1) is 20.7. The van der Waals surface area contributed by atoms with Gasteiger partial charge in [0.25, 0.3) is 0 Å². The van der Waals surface area contributed by atoms with Crippen LogP contribution in [-0.4, -0.2) is 63.5 Å². The van der Waals surface area contributed by atoms with Crippen LogP contribution < -0.4 is 4.90 Å². The highest BCUT2D eigenvalue weighted by atomic mass is 16.5. The molecule has 1 amide bonds. The van der Waals surface area contributed by atoms with Crippen molar-refractivity contribution in [2.45, 2.75) is 50.8 Å². The standard InChI is InChI=1S/C26H30N4O3/c1-18-7-8-20-21(30(18)25(31)32)9-10-22-24(20)27-23(15-19-5-3-2-4-6-19)29(22)13-12-28-16-26(17-28)11-14-33-26/h2-6,9-10,18H,7-8,11-17H2,1H3,(H,31,32). The Morgan fingerprint density at radius 2 is 1.97 bits per heavy atom. The number of carbonyl (C=O) groups is 1. The molecule has 2 fully saturated rings. The maximum atomic E-state index is 12.0. The van der Waals surface area contributed by atoms with Gasteiger partial charge in [-0.15, -0.1) is 0 Å². The molecular formula is C26H30N4O3. The molecular weight excluding hydrogens is 416 g/mol. The van der Waals surface area contributed by atoms with Crippen LogP contribution in [0, 0.1) is 0 Å². The van der Waals surface area contributed by atoms with Crippen molar-refractivity contribution in [3.05, 3.63) is 59.4 Å². The van der Waals surface area contributed by atoms with Gasteiger partial charge in [-0.25, -0.2) is 9.78 Å². The van der Waals surface area contributed by atoms with Gasteiger partial charge in [0.2, 0.25) is 0 Å². The molecule has 2 aromatic carbocycles. The van der Waals surface area contributed by atoms with Gasteiger partial charge in [-0.05, 0) is 37.5 Å². The van der Waals surface area contributed by atoms with Crippen molar-refractivity contribution in [2.75, 3.05) is 31.1 Å². The number of amides is 1. The number of aryl methyl sites for hydroxylation is 1. The summed E-state index contributed by atoms with van der Waals surface area (Å²) in [5, 5.41) is 9.81. The maximum absolute atomic E-state index is 12.0. The lowest BCUT2D eigenvalue weighted by atomic mass is 9.86. The normalized spacial score (nSPS) is 21.6. The highest BCUT2D eigenvalue weighted by Gasteiger charge is 2.48. The average Bonchev–Trinajstić information content (AvgIpc) is 3.09. The van der Waals surface area contributed by atoms with Crippen LogP contribution >= 0.6 is 0 Å². The van der Waals surface area contributed by atoms with Gasteiger partial charge in [0.15, 0.2) is 0 Å². The summed E-state index contributed by atoms with van der Waals surface area (Å²) in [5.74, 6) is 1.04. The summed E-state index contributed by atoms with van der Waals surface area (Å²) < 4.78 is 8.13. The molecule has 0 radical (unpaired) electrons. The van der Waals surface area contributed by atoms with Gasteiger partial charge >= 0.3 is 6.09 Å². The van der Waals surface area contributed by atoms with Gasteiger partial charge in [-0.1, -0.05) is 30.3 Å². The number of aromatic nitrogens is 2. The van der Waals surface area contributed by atoms with Crippen LogP contribution in [0.4, 0.5) is 10.5 Å². The summed E-state index contributed by atoms with van der Waals surface area (Å²) in [4.78, 5) is 21.0. The zero-order valence-electron chi connectivity index (χ0n) is 19.0. The third kappa shape index (κ3) is 3.50. The summed E-state index contributed by atoms with van der Waals surface area (Å²) >= 11 is 0. The number of rotatable bonds is 5.